The molecule has 1 rings (SSSR count). The van der Waals surface area contributed by atoms with E-state index < -0.39 is 11.6 Å². The lowest BCUT2D eigenvalue weighted by molar-refractivity contribution is 0.599. The van der Waals surface area contributed by atoms with E-state index in [-0.39, 0.29) is 5.56 Å². The number of halogens is 2. The molecule has 0 aromatic heterocycles. The summed E-state index contributed by atoms with van der Waals surface area (Å²) in [7, 11) is 0. The highest BCUT2D eigenvalue weighted by Crippen LogP contribution is 2.06. The first-order valence-electron chi connectivity index (χ1n) is 2.64. The highest BCUT2D eigenvalue weighted by molar-refractivity contribution is 7.79. The van der Waals surface area contributed by atoms with Gasteiger partial charge < -0.3 is 0 Å². The Morgan fingerprint density at radius 1 is 1.30 bits per heavy atom. The Labute approximate surface area is 62.5 Å². The predicted octanol–water partition coefficient (Wildman–Crippen LogP) is 2.31. The van der Waals surface area contributed by atoms with Crippen LogP contribution in [0.4, 0.5) is 8.78 Å². The van der Waals surface area contributed by atoms with Crippen molar-refractivity contribution in [3.63, 3.8) is 0 Å². The van der Waals surface area contributed by atoms with Gasteiger partial charge in [-0.3, -0.25) is 0 Å². The van der Waals surface area contributed by atoms with Crippen LogP contribution >= 0.6 is 12.2 Å². The SMILES string of the molecule is Fc1ccc(F)c(C=S)c1. The lowest BCUT2D eigenvalue weighted by Crippen LogP contribution is -1.86. The molecule has 1 aromatic rings. The molecule has 0 radical (unpaired) electrons. The Hall–Kier alpha value is -0.830. The third-order valence-electron chi connectivity index (χ3n) is 1.09. The normalized spacial score (nSPS) is 9.40. The predicted molar refractivity (Wildman–Crippen MR) is 39.1 cm³/mol. The van der Waals surface area contributed by atoms with Crippen molar-refractivity contribution in [1.29, 1.82) is 0 Å². The van der Waals surface area contributed by atoms with Crippen LogP contribution in [0.25, 0.3) is 0 Å². The highest BCUT2D eigenvalue weighted by atomic mass is 32.1. The van der Waals surface area contributed by atoms with Gasteiger partial charge in [-0.2, -0.15) is 0 Å². The molecule has 0 bridgehead atoms. The summed E-state index contributed by atoms with van der Waals surface area (Å²) in [5.74, 6) is -0.964. The monoisotopic (exact) mass is 158 g/mol. The van der Waals surface area contributed by atoms with Crippen LogP contribution in [0.5, 0.6) is 0 Å². The van der Waals surface area contributed by atoms with Crippen LogP contribution in [-0.2, 0) is 0 Å². The minimum Gasteiger partial charge on any atom is -0.207 e. The Balaban J connectivity index is 3.21. The molecule has 0 aliphatic heterocycles. The van der Waals surface area contributed by atoms with E-state index >= 15 is 0 Å². The van der Waals surface area contributed by atoms with Gasteiger partial charge in [0.05, 0.1) is 0 Å². The average molecular weight is 158 g/mol. The summed E-state index contributed by atoms with van der Waals surface area (Å²) in [5, 5.41) is 1.11. The standard InChI is InChI=1S/C7H4F2S/c8-6-1-2-7(9)5(3-6)4-10/h1-4H. The van der Waals surface area contributed by atoms with Gasteiger partial charge >= 0.3 is 0 Å². The minimum atomic E-state index is -0.489. The van der Waals surface area contributed by atoms with E-state index in [1.54, 1.807) is 0 Å². The number of thiocarbonyl (C=S) groups is 1. The van der Waals surface area contributed by atoms with Gasteiger partial charge in [0.25, 0.3) is 0 Å². The van der Waals surface area contributed by atoms with Crippen molar-refractivity contribution in [2.45, 2.75) is 0 Å². The fourth-order valence-corrected chi connectivity index (χ4v) is 0.786. The van der Waals surface area contributed by atoms with Gasteiger partial charge in [-0.1, -0.05) is 12.2 Å². The van der Waals surface area contributed by atoms with Gasteiger partial charge in [0.1, 0.15) is 11.6 Å². The van der Waals surface area contributed by atoms with E-state index in [9.17, 15) is 8.78 Å². The van der Waals surface area contributed by atoms with Gasteiger partial charge in [0.15, 0.2) is 0 Å². The number of rotatable bonds is 1. The molecule has 0 saturated carbocycles. The molecule has 1 aromatic carbocycles. The third-order valence-corrected chi connectivity index (χ3v) is 1.34. The van der Waals surface area contributed by atoms with Crippen LogP contribution < -0.4 is 0 Å². The average Bonchev–Trinajstić information content (AvgIpc) is 1.94. The maximum absolute atomic E-state index is 12.5. The Bertz CT molecular complexity index is 258. The molecule has 10 heavy (non-hydrogen) atoms. The summed E-state index contributed by atoms with van der Waals surface area (Å²) in [6, 6.07) is 3.16. The second-order valence-corrected chi connectivity index (χ2v) is 2.02. The lowest BCUT2D eigenvalue weighted by Gasteiger charge is -1.93. The molecule has 0 N–H and O–H groups in total. The van der Waals surface area contributed by atoms with Crippen LogP contribution in [0.2, 0.25) is 0 Å². The Morgan fingerprint density at radius 2 is 2.00 bits per heavy atom. The molecular formula is C7H4F2S. The molecule has 0 unspecified atom stereocenters. The molecule has 0 amide bonds. The summed E-state index contributed by atoms with van der Waals surface area (Å²) in [6.07, 6.45) is 0. The molecule has 0 aliphatic carbocycles. The van der Waals surface area contributed by atoms with Crippen molar-refractivity contribution in [2.24, 2.45) is 0 Å². The van der Waals surface area contributed by atoms with Crippen LogP contribution in [0.3, 0.4) is 0 Å². The fourth-order valence-electron chi connectivity index (χ4n) is 0.605. The second kappa shape index (κ2) is 2.84. The Kier molecular flexibility index (Phi) is 2.06. The number of hydrogen-bond donors (Lipinski definition) is 0. The maximum Gasteiger partial charge on any atom is 0.131 e. The van der Waals surface area contributed by atoms with Crippen molar-refractivity contribution in [3.05, 3.63) is 35.4 Å². The number of benzene rings is 1. The summed E-state index contributed by atoms with van der Waals surface area (Å²) in [6.45, 7) is 0. The Morgan fingerprint density at radius 3 is 2.50 bits per heavy atom. The zero-order valence-corrected chi connectivity index (χ0v) is 5.79. The van der Waals surface area contributed by atoms with Crippen LogP contribution in [0.1, 0.15) is 5.56 Å². The molecule has 0 fully saturated rings. The molecule has 0 saturated heterocycles. The molecule has 0 heterocycles. The van der Waals surface area contributed by atoms with Crippen LogP contribution in [0, 0.1) is 11.6 Å². The largest absolute Gasteiger partial charge is 0.207 e. The first-order chi connectivity index (χ1) is 4.74. The second-order valence-electron chi connectivity index (χ2n) is 1.78. The quantitative estimate of drug-likeness (QED) is 0.565. The van der Waals surface area contributed by atoms with Crippen molar-refractivity contribution >= 4 is 17.6 Å². The molecule has 0 spiro atoms. The summed E-state index contributed by atoms with van der Waals surface area (Å²) in [4.78, 5) is 0. The first kappa shape index (κ1) is 7.28. The van der Waals surface area contributed by atoms with Gasteiger partial charge in [0, 0.05) is 10.9 Å². The van der Waals surface area contributed by atoms with Crippen LogP contribution in [-0.4, -0.2) is 5.37 Å². The molecule has 0 atom stereocenters. The maximum atomic E-state index is 12.5. The molecular weight excluding hydrogens is 154 g/mol. The van der Waals surface area contributed by atoms with E-state index in [2.05, 4.69) is 12.2 Å². The third kappa shape index (κ3) is 1.36. The van der Waals surface area contributed by atoms with Crippen molar-refractivity contribution in [3.8, 4) is 0 Å². The molecule has 3 heteroatoms. The van der Waals surface area contributed by atoms with Crippen molar-refractivity contribution < 1.29 is 8.78 Å². The summed E-state index contributed by atoms with van der Waals surface area (Å²) < 4.78 is 24.8. The first-order valence-corrected chi connectivity index (χ1v) is 3.11. The molecule has 0 nitrogen and oxygen atoms in total. The zero-order valence-electron chi connectivity index (χ0n) is 4.97. The molecule has 0 aliphatic rings. The van der Waals surface area contributed by atoms with Gasteiger partial charge in [0.2, 0.25) is 0 Å². The van der Waals surface area contributed by atoms with Gasteiger partial charge in [-0.15, -0.1) is 0 Å². The van der Waals surface area contributed by atoms with E-state index in [4.69, 9.17) is 0 Å². The van der Waals surface area contributed by atoms with Crippen molar-refractivity contribution in [1.82, 2.24) is 0 Å². The smallest absolute Gasteiger partial charge is 0.131 e. The van der Waals surface area contributed by atoms with Gasteiger partial charge in [-0.25, -0.2) is 8.78 Å². The highest BCUT2D eigenvalue weighted by Gasteiger charge is 1.98. The zero-order chi connectivity index (χ0) is 7.56. The van der Waals surface area contributed by atoms with E-state index in [1.807, 2.05) is 0 Å². The topological polar surface area (TPSA) is 0 Å². The number of hydrogen-bond acceptors (Lipinski definition) is 1. The summed E-state index contributed by atoms with van der Waals surface area (Å²) >= 11 is 4.43. The van der Waals surface area contributed by atoms with Crippen molar-refractivity contribution in [2.75, 3.05) is 0 Å². The van der Waals surface area contributed by atoms with E-state index in [0.29, 0.717) is 0 Å². The fraction of sp³-hybridized carbons (Fsp3) is 0. The summed E-state index contributed by atoms with van der Waals surface area (Å²) in [5.41, 5.74) is 0.120. The van der Waals surface area contributed by atoms with E-state index in [0.717, 1.165) is 23.6 Å². The van der Waals surface area contributed by atoms with Gasteiger partial charge in [-0.05, 0) is 18.2 Å². The lowest BCUT2D eigenvalue weighted by atomic mass is 10.2. The van der Waals surface area contributed by atoms with E-state index in [1.165, 1.54) is 0 Å². The van der Waals surface area contributed by atoms with Crippen LogP contribution in [0.15, 0.2) is 18.2 Å². The molecule has 52 valence electrons. The minimum absolute atomic E-state index is 0.120.